The topological polar surface area (TPSA) is 62.7 Å². The van der Waals surface area contributed by atoms with Crippen molar-refractivity contribution in [3.63, 3.8) is 0 Å². The molecule has 1 amide bonds. The van der Waals surface area contributed by atoms with Gasteiger partial charge in [0.25, 0.3) is 5.91 Å². The third-order valence-electron chi connectivity index (χ3n) is 2.79. The minimum absolute atomic E-state index is 0.128. The first-order valence-corrected chi connectivity index (χ1v) is 7.69. The zero-order valence-electron chi connectivity index (χ0n) is 10.6. The quantitative estimate of drug-likeness (QED) is 0.588. The molecule has 0 unspecified atom stereocenters. The molecule has 0 aliphatic heterocycles. The van der Waals surface area contributed by atoms with Crippen LogP contribution in [0.3, 0.4) is 0 Å². The molecule has 1 aromatic carbocycles. The van der Waals surface area contributed by atoms with E-state index in [4.69, 9.17) is 23.8 Å². The Morgan fingerprint density at radius 3 is 2.95 bits per heavy atom. The van der Waals surface area contributed by atoms with E-state index in [1.807, 2.05) is 7.05 Å². The summed E-state index contributed by atoms with van der Waals surface area (Å²) in [6.07, 6.45) is 0.611. The Hall–Kier alpha value is -0.930. The number of H-pyrrole nitrogens is 1. The molecule has 0 bridgehead atoms. The molecular weight excluding hydrogens is 411 g/mol. The second kappa shape index (κ2) is 6.68. The van der Waals surface area contributed by atoms with Crippen LogP contribution in [-0.2, 0) is 13.5 Å². The smallest absolute Gasteiger partial charge is 0.251 e. The van der Waals surface area contributed by atoms with Gasteiger partial charge in [-0.3, -0.25) is 9.89 Å². The van der Waals surface area contributed by atoms with E-state index in [9.17, 15) is 4.79 Å². The van der Waals surface area contributed by atoms with Crippen molar-refractivity contribution in [2.24, 2.45) is 7.05 Å². The van der Waals surface area contributed by atoms with Gasteiger partial charge in [0.15, 0.2) is 4.77 Å². The molecular formula is C12H12ClIN4OS. The van der Waals surface area contributed by atoms with Crippen molar-refractivity contribution < 1.29 is 4.79 Å². The number of hydrogen-bond acceptors (Lipinski definition) is 3. The van der Waals surface area contributed by atoms with Crippen molar-refractivity contribution in [1.29, 1.82) is 0 Å². The number of carbonyl (C=O) groups excluding carboxylic acids is 1. The summed E-state index contributed by atoms with van der Waals surface area (Å²) < 4.78 is 3.21. The van der Waals surface area contributed by atoms with E-state index < -0.39 is 0 Å². The molecule has 0 aliphatic rings. The van der Waals surface area contributed by atoms with Gasteiger partial charge in [-0.15, -0.1) is 0 Å². The number of hydrogen-bond donors (Lipinski definition) is 2. The van der Waals surface area contributed by atoms with E-state index in [1.165, 1.54) is 0 Å². The van der Waals surface area contributed by atoms with Gasteiger partial charge in [0.1, 0.15) is 5.82 Å². The zero-order valence-corrected chi connectivity index (χ0v) is 14.3. The molecule has 0 radical (unpaired) electrons. The van der Waals surface area contributed by atoms with Crippen LogP contribution in [0.25, 0.3) is 0 Å². The highest BCUT2D eigenvalue weighted by atomic mass is 127. The standard InChI is InChI=1S/C12H12ClIN4OS/c1-18-10(16-17-12(18)20)4-5-15-11(19)7-2-3-8(13)9(14)6-7/h2-3,6H,4-5H2,1H3,(H,15,19)(H,17,20). The Bertz CT molecular complexity index is 697. The summed E-state index contributed by atoms with van der Waals surface area (Å²) in [4.78, 5) is 12.0. The van der Waals surface area contributed by atoms with Gasteiger partial charge in [-0.1, -0.05) is 11.6 Å². The van der Waals surface area contributed by atoms with Crippen LogP contribution in [0.1, 0.15) is 16.2 Å². The maximum Gasteiger partial charge on any atom is 0.251 e. The van der Waals surface area contributed by atoms with Gasteiger partial charge < -0.3 is 9.88 Å². The SMILES string of the molecule is Cn1c(CCNC(=O)c2ccc(Cl)c(I)c2)n[nH]c1=S. The van der Waals surface area contributed by atoms with Crippen LogP contribution >= 0.6 is 46.4 Å². The Morgan fingerprint density at radius 2 is 2.35 bits per heavy atom. The number of benzene rings is 1. The number of nitrogens with one attached hydrogen (secondary N) is 2. The number of aromatic amines is 1. The Kier molecular flexibility index (Phi) is 5.17. The number of aromatic nitrogens is 3. The van der Waals surface area contributed by atoms with Crippen LogP contribution in [0.5, 0.6) is 0 Å². The molecule has 2 aromatic rings. The molecule has 20 heavy (non-hydrogen) atoms. The van der Waals surface area contributed by atoms with E-state index in [2.05, 4.69) is 38.1 Å². The summed E-state index contributed by atoms with van der Waals surface area (Å²) in [6.45, 7) is 0.492. The number of amides is 1. The normalized spacial score (nSPS) is 10.6. The maximum absolute atomic E-state index is 12.0. The van der Waals surface area contributed by atoms with E-state index in [-0.39, 0.29) is 5.91 Å². The lowest BCUT2D eigenvalue weighted by Crippen LogP contribution is -2.26. The van der Waals surface area contributed by atoms with E-state index in [1.54, 1.807) is 22.8 Å². The lowest BCUT2D eigenvalue weighted by atomic mass is 10.2. The molecule has 8 heteroatoms. The van der Waals surface area contributed by atoms with E-state index >= 15 is 0 Å². The molecule has 1 heterocycles. The summed E-state index contributed by atoms with van der Waals surface area (Å²) in [5.74, 6) is 0.678. The molecule has 2 N–H and O–H groups in total. The molecule has 1 aromatic heterocycles. The average molecular weight is 423 g/mol. The maximum atomic E-state index is 12.0. The summed E-state index contributed by atoms with van der Waals surface area (Å²) in [5, 5.41) is 10.3. The van der Waals surface area contributed by atoms with Gasteiger partial charge >= 0.3 is 0 Å². The largest absolute Gasteiger partial charge is 0.352 e. The highest BCUT2D eigenvalue weighted by Crippen LogP contribution is 2.19. The third-order valence-corrected chi connectivity index (χ3v) is 4.69. The third kappa shape index (κ3) is 3.58. The summed E-state index contributed by atoms with van der Waals surface area (Å²) in [6, 6.07) is 5.18. The predicted octanol–water partition coefficient (Wildman–Crippen LogP) is 2.71. The van der Waals surface area contributed by atoms with Gasteiger partial charge in [0, 0.05) is 29.1 Å². The van der Waals surface area contributed by atoms with Crippen molar-refractivity contribution in [1.82, 2.24) is 20.1 Å². The van der Waals surface area contributed by atoms with Crippen molar-refractivity contribution in [3.8, 4) is 0 Å². The van der Waals surface area contributed by atoms with Gasteiger partial charge in [0.2, 0.25) is 0 Å². The van der Waals surface area contributed by atoms with Crippen LogP contribution in [0.2, 0.25) is 5.02 Å². The predicted molar refractivity (Wildman–Crippen MR) is 88.6 cm³/mol. The Balaban J connectivity index is 1.94. The zero-order chi connectivity index (χ0) is 14.7. The van der Waals surface area contributed by atoms with Crippen molar-refractivity contribution in [2.45, 2.75) is 6.42 Å². The number of rotatable bonds is 4. The molecule has 2 rings (SSSR count). The van der Waals surface area contributed by atoms with Gasteiger partial charge in [-0.25, -0.2) is 0 Å². The molecule has 0 atom stereocenters. The highest BCUT2D eigenvalue weighted by Gasteiger charge is 2.08. The first kappa shape index (κ1) is 15.5. The first-order chi connectivity index (χ1) is 9.49. The van der Waals surface area contributed by atoms with Crippen molar-refractivity contribution in [3.05, 3.63) is 43.0 Å². The summed E-state index contributed by atoms with van der Waals surface area (Å²) in [7, 11) is 1.84. The van der Waals surface area contributed by atoms with Gasteiger partial charge in [-0.2, -0.15) is 5.10 Å². The first-order valence-electron chi connectivity index (χ1n) is 5.82. The van der Waals surface area contributed by atoms with E-state index in [0.29, 0.717) is 28.3 Å². The van der Waals surface area contributed by atoms with Crippen LogP contribution < -0.4 is 5.32 Å². The fourth-order valence-corrected chi connectivity index (χ4v) is 2.41. The molecule has 0 aliphatic carbocycles. The fourth-order valence-electron chi connectivity index (χ4n) is 1.63. The lowest BCUT2D eigenvalue weighted by Gasteiger charge is -2.06. The van der Waals surface area contributed by atoms with Crippen LogP contribution in [0, 0.1) is 8.34 Å². The molecule has 5 nitrogen and oxygen atoms in total. The van der Waals surface area contributed by atoms with Crippen molar-refractivity contribution >= 4 is 52.3 Å². The average Bonchev–Trinajstić information content (AvgIpc) is 2.73. The Labute approximate surface area is 139 Å². The van der Waals surface area contributed by atoms with Crippen molar-refractivity contribution in [2.75, 3.05) is 6.54 Å². The Morgan fingerprint density at radius 1 is 1.60 bits per heavy atom. The van der Waals surface area contributed by atoms with Crippen LogP contribution in [0.15, 0.2) is 18.2 Å². The summed E-state index contributed by atoms with van der Waals surface area (Å²) >= 11 is 13.0. The molecule has 0 saturated carbocycles. The molecule has 106 valence electrons. The highest BCUT2D eigenvalue weighted by molar-refractivity contribution is 14.1. The number of halogens is 2. The number of carbonyl (C=O) groups is 1. The van der Waals surface area contributed by atoms with Gasteiger partial charge in [-0.05, 0) is 53.0 Å². The second-order valence-electron chi connectivity index (χ2n) is 4.14. The monoisotopic (exact) mass is 422 g/mol. The van der Waals surface area contributed by atoms with Crippen LogP contribution in [0.4, 0.5) is 0 Å². The van der Waals surface area contributed by atoms with Gasteiger partial charge in [0.05, 0.1) is 5.02 Å². The minimum Gasteiger partial charge on any atom is -0.352 e. The second-order valence-corrected chi connectivity index (χ2v) is 6.09. The van der Waals surface area contributed by atoms with E-state index in [0.717, 1.165) is 9.39 Å². The van der Waals surface area contributed by atoms with Crippen LogP contribution in [-0.4, -0.2) is 27.2 Å². The number of nitrogens with zero attached hydrogens (tertiary/aromatic N) is 2. The molecule has 0 spiro atoms. The molecule has 0 saturated heterocycles. The lowest BCUT2D eigenvalue weighted by molar-refractivity contribution is 0.0954. The summed E-state index contributed by atoms with van der Waals surface area (Å²) in [5.41, 5.74) is 0.592. The fraction of sp³-hybridized carbons (Fsp3) is 0.250. The minimum atomic E-state index is -0.128. The molecule has 0 fully saturated rings.